The number of hydrogen-bond donors (Lipinski definition) is 0. The molecule has 0 N–H and O–H groups in total. The molecule has 19 heavy (non-hydrogen) atoms. The van der Waals surface area contributed by atoms with E-state index in [0.717, 1.165) is 4.88 Å². The van der Waals surface area contributed by atoms with Crippen molar-refractivity contribution in [1.82, 2.24) is 9.13 Å². The second-order valence-electron chi connectivity index (χ2n) is 4.30. The van der Waals surface area contributed by atoms with E-state index in [9.17, 15) is 9.59 Å². The van der Waals surface area contributed by atoms with Gasteiger partial charge in [0.25, 0.3) is 5.56 Å². The number of aryl methyl sites for hydroxylation is 1. The summed E-state index contributed by atoms with van der Waals surface area (Å²) in [6.07, 6.45) is 2.24. The second kappa shape index (κ2) is 6.21. The van der Waals surface area contributed by atoms with E-state index in [0.29, 0.717) is 31.0 Å². The Morgan fingerprint density at radius 1 is 1.37 bits per heavy atom. The van der Waals surface area contributed by atoms with Crippen molar-refractivity contribution < 1.29 is 0 Å². The van der Waals surface area contributed by atoms with E-state index in [1.165, 1.54) is 4.57 Å². The van der Waals surface area contributed by atoms with E-state index in [-0.39, 0.29) is 11.2 Å². The lowest BCUT2D eigenvalue weighted by atomic mass is 10.3. The molecule has 2 rings (SSSR count). The molecule has 0 unspecified atom stereocenters. The molecule has 4 nitrogen and oxygen atoms in total. The zero-order valence-corrected chi connectivity index (χ0v) is 12.2. The molecular weight excluding hydrogens is 284 g/mol. The molecule has 102 valence electrons. The maximum absolute atomic E-state index is 12.3. The predicted molar refractivity (Wildman–Crippen MR) is 78.5 cm³/mol. The molecular formula is C13H15ClN2O2S. The van der Waals surface area contributed by atoms with Gasteiger partial charge in [0, 0.05) is 29.1 Å². The maximum Gasteiger partial charge on any atom is 0.331 e. The highest BCUT2D eigenvalue weighted by molar-refractivity contribution is 7.09. The van der Waals surface area contributed by atoms with Gasteiger partial charge in [-0.05, 0) is 24.8 Å². The Kier molecular flexibility index (Phi) is 4.61. The molecule has 0 aliphatic rings. The highest BCUT2D eigenvalue weighted by Crippen LogP contribution is 2.09. The fourth-order valence-electron chi connectivity index (χ4n) is 1.90. The van der Waals surface area contributed by atoms with Crippen LogP contribution in [-0.4, -0.2) is 15.0 Å². The fraction of sp³-hybridized carbons (Fsp3) is 0.385. The fourth-order valence-corrected chi connectivity index (χ4v) is 2.72. The van der Waals surface area contributed by atoms with Crippen molar-refractivity contribution in [2.45, 2.75) is 26.4 Å². The largest absolute Gasteiger partial charge is 0.331 e. The third-order valence-electron chi connectivity index (χ3n) is 2.83. The average Bonchev–Trinajstić information content (AvgIpc) is 2.89. The van der Waals surface area contributed by atoms with Gasteiger partial charge in [-0.1, -0.05) is 6.07 Å². The molecule has 2 aromatic rings. The molecule has 0 atom stereocenters. The van der Waals surface area contributed by atoms with Crippen molar-refractivity contribution in [3.05, 3.63) is 55.0 Å². The van der Waals surface area contributed by atoms with Gasteiger partial charge in [0.1, 0.15) is 0 Å². The molecule has 0 aliphatic heterocycles. The van der Waals surface area contributed by atoms with Gasteiger partial charge >= 0.3 is 5.69 Å². The molecule has 2 heterocycles. The number of nitrogens with zero attached hydrogens (tertiary/aromatic N) is 2. The number of rotatable bonds is 5. The summed E-state index contributed by atoms with van der Waals surface area (Å²) in [5.41, 5.74) is 0.0809. The Bertz CT molecular complexity index is 658. The Labute approximate surface area is 119 Å². The standard InChI is InChI=1S/C13H15ClN2O2S/c1-10-8-15(9-11-4-2-7-19-11)13(18)16(12(10)17)6-3-5-14/h2,4,7-8H,3,5-6,9H2,1H3. The molecule has 0 aliphatic carbocycles. The van der Waals surface area contributed by atoms with Crippen molar-refractivity contribution in [1.29, 1.82) is 0 Å². The van der Waals surface area contributed by atoms with E-state index in [4.69, 9.17) is 11.6 Å². The Balaban J connectivity index is 2.42. The predicted octanol–water partition coefficient (Wildman–Crippen LogP) is 2.06. The molecule has 0 aromatic carbocycles. The molecule has 0 radical (unpaired) electrons. The summed E-state index contributed by atoms with van der Waals surface area (Å²) in [5, 5.41) is 1.97. The van der Waals surface area contributed by atoms with Crippen LogP contribution >= 0.6 is 22.9 Å². The minimum absolute atomic E-state index is 0.224. The normalized spacial score (nSPS) is 10.8. The van der Waals surface area contributed by atoms with Gasteiger partial charge in [-0.25, -0.2) is 4.79 Å². The van der Waals surface area contributed by atoms with Crippen LogP contribution in [0.3, 0.4) is 0 Å². The van der Waals surface area contributed by atoms with Crippen LogP contribution < -0.4 is 11.2 Å². The van der Waals surface area contributed by atoms with Crippen LogP contribution in [0.1, 0.15) is 16.9 Å². The lowest BCUT2D eigenvalue weighted by Gasteiger charge is -2.10. The quantitative estimate of drug-likeness (QED) is 0.793. The topological polar surface area (TPSA) is 44.0 Å². The van der Waals surface area contributed by atoms with Gasteiger partial charge in [-0.15, -0.1) is 22.9 Å². The summed E-state index contributed by atoms with van der Waals surface area (Å²) >= 11 is 7.22. The summed E-state index contributed by atoms with van der Waals surface area (Å²) in [4.78, 5) is 25.3. The Morgan fingerprint density at radius 2 is 2.16 bits per heavy atom. The van der Waals surface area contributed by atoms with Crippen LogP contribution in [0.2, 0.25) is 0 Å². The average molecular weight is 299 g/mol. The lowest BCUT2D eigenvalue weighted by molar-refractivity contribution is 0.563. The maximum atomic E-state index is 12.3. The van der Waals surface area contributed by atoms with E-state index in [2.05, 4.69) is 0 Å². The van der Waals surface area contributed by atoms with Gasteiger partial charge in [-0.2, -0.15) is 0 Å². The van der Waals surface area contributed by atoms with Crippen LogP contribution in [0.15, 0.2) is 33.3 Å². The van der Waals surface area contributed by atoms with Crippen molar-refractivity contribution in [3.63, 3.8) is 0 Å². The molecule has 2 aromatic heterocycles. The van der Waals surface area contributed by atoms with Gasteiger partial charge in [0.05, 0.1) is 6.54 Å². The Morgan fingerprint density at radius 3 is 2.79 bits per heavy atom. The van der Waals surface area contributed by atoms with Crippen LogP contribution in [-0.2, 0) is 13.1 Å². The Hall–Kier alpha value is -1.33. The van der Waals surface area contributed by atoms with Gasteiger partial charge < -0.3 is 0 Å². The van der Waals surface area contributed by atoms with Crippen LogP contribution in [0.5, 0.6) is 0 Å². The third-order valence-corrected chi connectivity index (χ3v) is 3.96. The number of aromatic nitrogens is 2. The molecule has 0 amide bonds. The summed E-state index contributed by atoms with van der Waals surface area (Å²) < 4.78 is 2.85. The van der Waals surface area contributed by atoms with Gasteiger partial charge in [0.15, 0.2) is 0 Å². The minimum atomic E-state index is -0.269. The first kappa shape index (κ1) is 14.1. The minimum Gasteiger partial charge on any atom is -0.295 e. The van der Waals surface area contributed by atoms with Crippen molar-refractivity contribution in [2.75, 3.05) is 5.88 Å². The zero-order valence-electron chi connectivity index (χ0n) is 10.6. The number of hydrogen-bond acceptors (Lipinski definition) is 3. The number of thiophene rings is 1. The van der Waals surface area contributed by atoms with Crippen LogP contribution in [0, 0.1) is 6.92 Å². The van der Waals surface area contributed by atoms with E-state index < -0.39 is 0 Å². The molecule has 0 fully saturated rings. The molecule has 6 heteroatoms. The first-order chi connectivity index (χ1) is 9.13. The highest BCUT2D eigenvalue weighted by Gasteiger charge is 2.09. The number of halogens is 1. The van der Waals surface area contributed by atoms with Gasteiger partial charge in [0.2, 0.25) is 0 Å². The summed E-state index contributed by atoms with van der Waals surface area (Å²) in [7, 11) is 0. The molecule has 0 bridgehead atoms. The zero-order chi connectivity index (χ0) is 13.8. The smallest absolute Gasteiger partial charge is 0.295 e. The van der Waals surface area contributed by atoms with Crippen LogP contribution in [0.4, 0.5) is 0 Å². The first-order valence-electron chi connectivity index (χ1n) is 6.02. The van der Waals surface area contributed by atoms with E-state index in [1.807, 2.05) is 17.5 Å². The monoisotopic (exact) mass is 298 g/mol. The first-order valence-corrected chi connectivity index (χ1v) is 7.44. The summed E-state index contributed by atoms with van der Waals surface area (Å²) in [5.74, 6) is 0.435. The SMILES string of the molecule is Cc1cn(Cc2cccs2)c(=O)n(CCCCl)c1=O. The molecule has 0 spiro atoms. The van der Waals surface area contributed by atoms with E-state index >= 15 is 0 Å². The van der Waals surface area contributed by atoms with Crippen molar-refractivity contribution >= 4 is 22.9 Å². The molecule has 0 saturated carbocycles. The molecule has 0 saturated heterocycles. The second-order valence-corrected chi connectivity index (χ2v) is 5.71. The van der Waals surface area contributed by atoms with E-state index in [1.54, 1.807) is 29.0 Å². The number of alkyl halides is 1. The van der Waals surface area contributed by atoms with Gasteiger partial charge in [-0.3, -0.25) is 13.9 Å². The third kappa shape index (κ3) is 3.16. The van der Waals surface area contributed by atoms with Crippen molar-refractivity contribution in [3.8, 4) is 0 Å². The summed E-state index contributed by atoms with van der Waals surface area (Å²) in [6, 6.07) is 3.92. The lowest BCUT2D eigenvalue weighted by Crippen LogP contribution is -2.40. The summed E-state index contributed by atoms with van der Waals surface area (Å²) in [6.45, 7) is 2.59. The highest BCUT2D eigenvalue weighted by atomic mass is 35.5. The van der Waals surface area contributed by atoms with Crippen molar-refractivity contribution in [2.24, 2.45) is 0 Å². The van der Waals surface area contributed by atoms with Crippen LogP contribution in [0.25, 0.3) is 0 Å².